The molecule has 1 saturated heterocycles. The van der Waals surface area contributed by atoms with E-state index in [1.54, 1.807) is 0 Å². The number of imidazole rings is 1. The van der Waals surface area contributed by atoms with E-state index < -0.39 is 0 Å². The Morgan fingerprint density at radius 2 is 2.25 bits per heavy atom. The van der Waals surface area contributed by atoms with Gasteiger partial charge in [0.15, 0.2) is 0 Å². The largest absolute Gasteiger partial charge is 0.324 e. The molecule has 1 atom stereocenters. The zero-order valence-electron chi connectivity index (χ0n) is 12.2. The highest BCUT2D eigenvalue weighted by molar-refractivity contribution is 5.79. The van der Waals surface area contributed by atoms with Crippen molar-refractivity contribution in [3.8, 4) is 0 Å². The van der Waals surface area contributed by atoms with Gasteiger partial charge in [0, 0.05) is 13.0 Å². The van der Waals surface area contributed by atoms with E-state index in [0.717, 1.165) is 30.4 Å². The number of hydrogen-bond acceptors (Lipinski definition) is 2. The van der Waals surface area contributed by atoms with Crippen molar-refractivity contribution in [1.29, 1.82) is 0 Å². The van der Waals surface area contributed by atoms with Gasteiger partial charge in [0.2, 0.25) is 5.91 Å². The number of amides is 1. The molecule has 4 nitrogen and oxygen atoms in total. The minimum absolute atomic E-state index is 0.275. The lowest BCUT2D eigenvalue weighted by Gasteiger charge is -2.17. The zero-order valence-corrected chi connectivity index (χ0v) is 12.2. The van der Waals surface area contributed by atoms with Crippen molar-refractivity contribution >= 4 is 16.9 Å². The molecule has 1 unspecified atom stereocenters. The van der Waals surface area contributed by atoms with Crippen LogP contribution in [0.25, 0.3) is 11.0 Å². The van der Waals surface area contributed by atoms with Crippen molar-refractivity contribution in [2.75, 3.05) is 6.54 Å². The minimum atomic E-state index is 0.275. The number of nitrogens with zero attached hydrogens (tertiary/aromatic N) is 3. The summed E-state index contributed by atoms with van der Waals surface area (Å²) in [5.41, 5.74) is 3.31. The molecule has 1 fully saturated rings. The molecule has 1 aromatic carbocycles. The third-order valence-electron chi connectivity index (χ3n) is 4.09. The molecule has 106 valence electrons. The van der Waals surface area contributed by atoms with Crippen molar-refractivity contribution in [2.24, 2.45) is 5.92 Å². The number of hydrogen-bond donors (Lipinski definition) is 0. The van der Waals surface area contributed by atoms with Crippen LogP contribution in [0.1, 0.15) is 31.7 Å². The third kappa shape index (κ3) is 2.42. The maximum absolute atomic E-state index is 12.1. The highest BCUT2D eigenvalue weighted by atomic mass is 16.2. The van der Waals surface area contributed by atoms with E-state index in [9.17, 15) is 4.79 Å². The summed E-state index contributed by atoms with van der Waals surface area (Å²) >= 11 is 0. The summed E-state index contributed by atoms with van der Waals surface area (Å²) in [6.45, 7) is 5.76. The van der Waals surface area contributed by atoms with Gasteiger partial charge in [0.05, 0.1) is 24.0 Å². The van der Waals surface area contributed by atoms with Gasteiger partial charge in [-0.2, -0.15) is 0 Å². The van der Waals surface area contributed by atoms with E-state index in [-0.39, 0.29) is 5.91 Å². The molecular formula is C16H21N3O. The Kier molecular flexibility index (Phi) is 3.47. The molecule has 0 saturated carbocycles. The number of aryl methyl sites for hydroxylation is 1. The Bertz CT molecular complexity index is 632. The van der Waals surface area contributed by atoms with Gasteiger partial charge in [-0.05, 0) is 37.0 Å². The Morgan fingerprint density at radius 1 is 1.40 bits per heavy atom. The average molecular weight is 271 g/mol. The molecule has 1 amide bonds. The second-order valence-corrected chi connectivity index (χ2v) is 5.82. The summed E-state index contributed by atoms with van der Waals surface area (Å²) < 4.78 is 2.07. The normalized spacial score (nSPS) is 19.2. The summed E-state index contributed by atoms with van der Waals surface area (Å²) in [5.74, 6) is 0.807. The lowest BCUT2D eigenvalue weighted by Crippen LogP contribution is -2.27. The highest BCUT2D eigenvalue weighted by Gasteiger charge is 2.28. The van der Waals surface area contributed by atoms with Gasteiger partial charge in [-0.1, -0.05) is 19.4 Å². The van der Waals surface area contributed by atoms with E-state index in [1.807, 2.05) is 11.2 Å². The Balaban J connectivity index is 1.78. The molecule has 3 rings (SSSR count). The highest BCUT2D eigenvalue weighted by Crippen LogP contribution is 2.23. The molecule has 0 spiro atoms. The van der Waals surface area contributed by atoms with Crippen LogP contribution >= 0.6 is 0 Å². The Hall–Kier alpha value is -1.84. The maximum atomic E-state index is 12.1. The molecule has 0 radical (unpaired) electrons. The van der Waals surface area contributed by atoms with Crippen molar-refractivity contribution in [3.05, 3.63) is 30.1 Å². The predicted octanol–water partition coefficient (Wildman–Crippen LogP) is 2.95. The van der Waals surface area contributed by atoms with Crippen LogP contribution in [0.5, 0.6) is 0 Å². The van der Waals surface area contributed by atoms with Gasteiger partial charge >= 0.3 is 0 Å². The first-order chi connectivity index (χ1) is 9.67. The molecule has 0 N–H and O–H groups in total. The van der Waals surface area contributed by atoms with Crippen molar-refractivity contribution in [1.82, 2.24) is 14.5 Å². The van der Waals surface area contributed by atoms with Crippen LogP contribution in [0.4, 0.5) is 0 Å². The number of carbonyl (C=O) groups excluding carboxylic acids is 1. The first kappa shape index (κ1) is 13.2. The molecule has 0 aliphatic carbocycles. The van der Waals surface area contributed by atoms with Crippen molar-refractivity contribution in [3.63, 3.8) is 0 Å². The number of rotatable bonds is 4. The van der Waals surface area contributed by atoms with Crippen LogP contribution in [0.15, 0.2) is 24.5 Å². The molecular weight excluding hydrogens is 250 g/mol. The molecule has 1 aliphatic heterocycles. The number of likely N-dealkylation sites (tertiary alicyclic amines) is 1. The van der Waals surface area contributed by atoms with Gasteiger partial charge in [-0.25, -0.2) is 4.98 Å². The molecule has 2 aromatic rings. The molecule has 1 aromatic heterocycles. The van der Waals surface area contributed by atoms with Crippen LogP contribution < -0.4 is 0 Å². The monoisotopic (exact) mass is 271 g/mol. The second kappa shape index (κ2) is 5.27. The van der Waals surface area contributed by atoms with Crippen LogP contribution in [-0.4, -0.2) is 26.9 Å². The van der Waals surface area contributed by atoms with Gasteiger partial charge in [-0.3, -0.25) is 4.79 Å². The molecule has 1 aliphatic rings. The summed E-state index contributed by atoms with van der Waals surface area (Å²) in [6.07, 6.45) is 4.84. The number of carbonyl (C=O) groups is 1. The summed E-state index contributed by atoms with van der Waals surface area (Å²) in [6, 6.07) is 6.26. The van der Waals surface area contributed by atoms with E-state index in [2.05, 4.69) is 41.6 Å². The van der Waals surface area contributed by atoms with Crippen LogP contribution in [0.3, 0.4) is 0 Å². The lowest BCUT2D eigenvalue weighted by molar-refractivity contribution is -0.129. The van der Waals surface area contributed by atoms with E-state index in [4.69, 9.17) is 0 Å². The number of benzene rings is 1. The fourth-order valence-corrected chi connectivity index (χ4v) is 3.06. The maximum Gasteiger partial charge on any atom is 0.224 e. The molecule has 20 heavy (non-hydrogen) atoms. The van der Waals surface area contributed by atoms with Crippen LogP contribution in [-0.2, 0) is 11.5 Å². The summed E-state index contributed by atoms with van der Waals surface area (Å²) in [4.78, 5) is 18.5. The number of aromatic nitrogens is 2. The fourth-order valence-electron chi connectivity index (χ4n) is 3.06. The average Bonchev–Trinajstić information content (AvgIpc) is 2.95. The van der Waals surface area contributed by atoms with E-state index in [1.165, 1.54) is 5.56 Å². The van der Waals surface area contributed by atoms with Gasteiger partial charge in [-0.15, -0.1) is 0 Å². The summed E-state index contributed by atoms with van der Waals surface area (Å²) in [5, 5.41) is 0. The Morgan fingerprint density at radius 3 is 3.05 bits per heavy atom. The standard InChI is InChI=1S/C16H21N3O/c1-3-4-13-8-16(20)18(9-13)11-19-10-17-14-7-12(2)5-6-15(14)19/h5-7,10,13H,3-4,8-9,11H2,1-2H3. The fraction of sp³-hybridized carbons (Fsp3) is 0.500. The second-order valence-electron chi connectivity index (χ2n) is 5.82. The van der Waals surface area contributed by atoms with Gasteiger partial charge < -0.3 is 9.47 Å². The first-order valence-electron chi connectivity index (χ1n) is 7.36. The smallest absolute Gasteiger partial charge is 0.224 e. The SMILES string of the molecule is CCCC1CC(=O)N(Cn2cnc3cc(C)ccc32)C1. The van der Waals surface area contributed by atoms with Crippen LogP contribution in [0.2, 0.25) is 0 Å². The minimum Gasteiger partial charge on any atom is -0.324 e. The molecule has 0 bridgehead atoms. The Labute approximate surface area is 119 Å². The predicted molar refractivity (Wildman–Crippen MR) is 79.2 cm³/mol. The lowest BCUT2D eigenvalue weighted by atomic mass is 10.0. The molecule has 2 heterocycles. The van der Waals surface area contributed by atoms with Crippen LogP contribution in [0, 0.1) is 12.8 Å². The van der Waals surface area contributed by atoms with Gasteiger partial charge in [0.1, 0.15) is 0 Å². The zero-order chi connectivity index (χ0) is 14.1. The quantitative estimate of drug-likeness (QED) is 0.857. The topological polar surface area (TPSA) is 38.1 Å². The first-order valence-corrected chi connectivity index (χ1v) is 7.36. The van der Waals surface area contributed by atoms with Crippen molar-refractivity contribution < 1.29 is 4.79 Å². The van der Waals surface area contributed by atoms with E-state index in [0.29, 0.717) is 19.0 Å². The van der Waals surface area contributed by atoms with E-state index >= 15 is 0 Å². The summed E-state index contributed by atoms with van der Waals surface area (Å²) in [7, 11) is 0. The third-order valence-corrected chi connectivity index (χ3v) is 4.09. The van der Waals surface area contributed by atoms with Crippen molar-refractivity contribution in [2.45, 2.75) is 39.8 Å². The number of fused-ring (bicyclic) bond motifs is 1. The van der Waals surface area contributed by atoms with Gasteiger partial charge in [0.25, 0.3) is 0 Å². The molecule has 4 heteroatoms.